The van der Waals surface area contributed by atoms with E-state index in [2.05, 4.69) is 10.1 Å². The lowest BCUT2D eigenvalue weighted by molar-refractivity contribution is 0.0744. The topological polar surface area (TPSA) is 50.5 Å². The van der Waals surface area contributed by atoms with Crippen molar-refractivity contribution in [3.8, 4) is 0 Å². The third kappa shape index (κ3) is 3.69. The number of halogens is 4. The molecule has 3 rings (SSSR count). The third-order valence-electron chi connectivity index (χ3n) is 4.59. The molecule has 0 fully saturated rings. The van der Waals surface area contributed by atoms with E-state index in [1.54, 1.807) is 13.8 Å². The molecule has 148 valence electrons. The SMILES string of the molecule is Cc1cc(C(F)F)n2ncc(C(=O)N(C)[C@@H](C)Cc3ccc(F)cc3F)c2n1. The Labute approximate surface area is 158 Å². The first-order valence-corrected chi connectivity index (χ1v) is 8.53. The van der Waals surface area contributed by atoms with Crippen LogP contribution in [0.5, 0.6) is 0 Å². The van der Waals surface area contributed by atoms with Crippen LogP contribution < -0.4 is 0 Å². The number of carbonyl (C=O) groups excluding carboxylic acids is 1. The van der Waals surface area contributed by atoms with Crippen LogP contribution in [0.1, 0.15) is 40.7 Å². The van der Waals surface area contributed by atoms with Crippen LogP contribution in [0.4, 0.5) is 17.6 Å². The first kappa shape index (κ1) is 19.8. The van der Waals surface area contributed by atoms with Crippen molar-refractivity contribution >= 4 is 11.6 Å². The lowest BCUT2D eigenvalue weighted by Gasteiger charge is -2.25. The second-order valence-electron chi connectivity index (χ2n) is 6.62. The molecule has 0 unspecified atom stereocenters. The summed E-state index contributed by atoms with van der Waals surface area (Å²) in [6.07, 6.45) is -1.43. The number of aryl methyl sites for hydroxylation is 1. The fourth-order valence-corrected chi connectivity index (χ4v) is 2.95. The number of aromatic nitrogens is 3. The van der Waals surface area contributed by atoms with Gasteiger partial charge in [0.25, 0.3) is 12.3 Å². The normalized spacial score (nSPS) is 12.6. The Morgan fingerprint density at radius 3 is 2.61 bits per heavy atom. The standard InChI is InChI=1S/C19H18F4N4O/c1-10-6-16(17(22)23)27-18(25-10)14(9-24-27)19(28)26(3)11(2)7-12-4-5-13(20)8-15(12)21/h4-6,8-9,11,17H,7H2,1-3H3/t11-/m0/s1. The predicted octanol–water partition coefficient (Wildman–Crippen LogP) is 3.96. The van der Waals surface area contributed by atoms with Crippen LogP contribution >= 0.6 is 0 Å². The van der Waals surface area contributed by atoms with Crippen LogP contribution in [-0.2, 0) is 6.42 Å². The molecule has 0 saturated heterocycles. The van der Waals surface area contributed by atoms with Gasteiger partial charge in [0.05, 0.1) is 6.20 Å². The zero-order chi connectivity index (χ0) is 20.6. The maximum Gasteiger partial charge on any atom is 0.280 e. The van der Waals surface area contributed by atoms with E-state index < -0.39 is 30.0 Å². The molecule has 0 radical (unpaired) electrons. The predicted molar refractivity (Wildman–Crippen MR) is 94.3 cm³/mol. The van der Waals surface area contributed by atoms with Gasteiger partial charge in [0.1, 0.15) is 22.9 Å². The molecule has 1 aromatic carbocycles. The summed E-state index contributed by atoms with van der Waals surface area (Å²) < 4.78 is 54.4. The number of hydrogen-bond donors (Lipinski definition) is 0. The van der Waals surface area contributed by atoms with Crippen molar-refractivity contribution in [3.05, 3.63) is 64.6 Å². The minimum atomic E-state index is -2.77. The highest BCUT2D eigenvalue weighted by molar-refractivity contribution is 5.99. The molecule has 0 saturated carbocycles. The number of likely N-dealkylation sites (N-methyl/N-ethyl adjacent to an activating group) is 1. The zero-order valence-electron chi connectivity index (χ0n) is 15.5. The second-order valence-corrected chi connectivity index (χ2v) is 6.62. The van der Waals surface area contributed by atoms with Gasteiger partial charge in [0.15, 0.2) is 5.65 Å². The van der Waals surface area contributed by atoms with Gasteiger partial charge in [-0.25, -0.2) is 27.1 Å². The van der Waals surface area contributed by atoms with E-state index in [4.69, 9.17) is 0 Å². The largest absolute Gasteiger partial charge is 0.338 e. The van der Waals surface area contributed by atoms with E-state index in [9.17, 15) is 22.4 Å². The molecule has 2 heterocycles. The molecule has 0 spiro atoms. The molecule has 0 N–H and O–H groups in total. The summed E-state index contributed by atoms with van der Waals surface area (Å²) in [6, 6.07) is 4.03. The number of nitrogens with zero attached hydrogens (tertiary/aromatic N) is 4. The molecule has 2 aromatic heterocycles. The molecule has 0 aliphatic rings. The minimum Gasteiger partial charge on any atom is -0.338 e. The highest BCUT2D eigenvalue weighted by atomic mass is 19.3. The fourth-order valence-electron chi connectivity index (χ4n) is 2.95. The Bertz CT molecular complexity index is 1030. The van der Waals surface area contributed by atoms with E-state index in [0.29, 0.717) is 5.69 Å². The quantitative estimate of drug-likeness (QED) is 0.616. The van der Waals surface area contributed by atoms with Crippen molar-refractivity contribution in [2.75, 3.05) is 7.05 Å². The number of carbonyl (C=O) groups is 1. The summed E-state index contributed by atoms with van der Waals surface area (Å²) in [7, 11) is 1.52. The molecule has 9 heteroatoms. The average Bonchev–Trinajstić information content (AvgIpc) is 3.05. The van der Waals surface area contributed by atoms with Crippen molar-refractivity contribution in [1.29, 1.82) is 0 Å². The Kier molecular flexibility index (Phi) is 5.35. The van der Waals surface area contributed by atoms with Gasteiger partial charge in [0, 0.05) is 24.8 Å². The molecule has 0 aliphatic heterocycles. The lowest BCUT2D eigenvalue weighted by Crippen LogP contribution is -2.36. The van der Waals surface area contributed by atoms with Crippen LogP contribution in [0.15, 0.2) is 30.5 Å². The third-order valence-corrected chi connectivity index (χ3v) is 4.59. The number of rotatable bonds is 5. The number of amides is 1. The highest BCUT2D eigenvalue weighted by Gasteiger charge is 2.25. The van der Waals surface area contributed by atoms with E-state index in [-0.39, 0.29) is 28.9 Å². The van der Waals surface area contributed by atoms with Gasteiger partial charge in [0.2, 0.25) is 0 Å². The zero-order valence-corrected chi connectivity index (χ0v) is 15.5. The second kappa shape index (κ2) is 7.57. The van der Waals surface area contributed by atoms with Crippen LogP contribution in [0.3, 0.4) is 0 Å². The molecule has 3 aromatic rings. The molecular formula is C19H18F4N4O. The molecule has 28 heavy (non-hydrogen) atoms. The van der Waals surface area contributed by atoms with E-state index in [1.807, 2.05) is 0 Å². The summed E-state index contributed by atoms with van der Waals surface area (Å²) in [4.78, 5) is 18.4. The number of benzene rings is 1. The van der Waals surface area contributed by atoms with Gasteiger partial charge >= 0.3 is 0 Å². The Balaban J connectivity index is 1.88. The van der Waals surface area contributed by atoms with Crippen molar-refractivity contribution in [1.82, 2.24) is 19.5 Å². The van der Waals surface area contributed by atoms with Crippen LogP contribution in [0, 0.1) is 18.6 Å². The summed E-state index contributed by atoms with van der Waals surface area (Å²) in [6.45, 7) is 3.26. The van der Waals surface area contributed by atoms with Crippen LogP contribution in [0.2, 0.25) is 0 Å². The first-order valence-electron chi connectivity index (χ1n) is 8.53. The van der Waals surface area contributed by atoms with Gasteiger partial charge in [-0.05, 0) is 38.0 Å². The van der Waals surface area contributed by atoms with E-state index in [1.165, 1.54) is 30.3 Å². The van der Waals surface area contributed by atoms with Gasteiger partial charge < -0.3 is 4.90 Å². The molecule has 0 aliphatic carbocycles. The Morgan fingerprint density at radius 1 is 1.25 bits per heavy atom. The summed E-state index contributed by atoms with van der Waals surface area (Å²) in [5.41, 5.74) is 0.348. The van der Waals surface area contributed by atoms with Crippen molar-refractivity contribution < 1.29 is 22.4 Å². The average molecular weight is 394 g/mol. The highest BCUT2D eigenvalue weighted by Crippen LogP contribution is 2.23. The molecule has 1 amide bonds. The van der Waals surface area contributed by atoms with Gasteiger partial charge in [-0.3, -0.25) is 4.79 Å². The number of fused-ring (bicyclic) bond motifs is 1. The smallest absolute Gasteiger partial charge is 0.280 e. The summed E-state index contributed by atoms with van der Waals surface area (Å²) >= 11 is 0. The van der Waals surface area contributed by atoms with E-state index in [0.717, 1.165) is 16.6 Å². The first-order chi connectivity index (χ1) is 13.2. The fraction of sp³-hybridized carbons (Fsp3) is 0.316. The van der Waals surface area contributed by atoms with Gasteiger partial charge in [-0.2, -0.15) is 5.10 Å². The molecular weight excluding hydrogens is 376 g/mol. The van der Waals surface area contributed by atoms with Crippen molar-refractivity contribution in [2.24, 2.45) is 0 Å². The molecule has 1 atom stereocenters. The maximum absolute atomic E-state index is 13.9. The lowest BCUT2D eigenvalue weighted by atomic mass is 10.0. The van der Waals surface area contributed by atoms with Crippen molar-refractivity contribution in [3.63, 3.8) is 0 Å². The van der Waals surface area contributed by atoms with Crippen molar-refractivity contribution in [2.45, 2.75) is 32.7 Å². The molecule has 5 nitrogen and oxygen atoms in total. The molecule has 0 bridgehead atoms. The monoisotopic (exact) mass is 394 g/mol. The Hall–Kier alpha value is -2.97. The summed E-state index contributed by atoms with van der Waals surface area (Å²) in [5, 5.41) is 3.88. The number of hydrogen-bond acceptors (Lipinski definition) is 3. The Morgan fingerprint density at radius 2 is 1.96 bits per heavy atom. The van der Waals surface area contributed by atoms with E-state index >= 15 is 0 Å². The summed E-state index contributed by atoms with van der Waals surface area (Å²) in [5.74, 6) is -1.85. The maximum atomic E-state index is 13.9. The van der Waals surface area contributed by atoms with Gasteiger partial charge in [-0.1, -0.05) is 6.07 Å². The minimum absolute atomic E-state index is 0.0345. The number of alkyl halides is 2. The van der Waals surface area contributed by atoms with Crippen LogP contribution in [-0.4, -0.2) is 38.5 Å². The van der Waals surface area contributed by atoms with Crippen LogP contribution in [0.25, 0.3) is 5.65 Å². The van der Waals surface area contributed by atoms with Gasteiger partial charge in [-0.15, -0.1) is 0 Å².